The number of anilines is 2. The summed E-state index contributed by atoms with van der Waals surface area (Å²) in [6.07, 6.45) is 7.24. The van der Waals surface area contributed by atoms with Crippen molar-refractivity contribution in [1.29, 1.82) is 0 Å². The van der Waals surface area contributed by atoms with E-state index in [0.717, 1.165) is 55.8 Å². The van der Waals surface area contributed by atoms with Crippen molar-refractivity contribution in [2.45, 2.75) is 39.0 Å². The highest BCUT2D eigenvalue weighted by molar-refractivity contribution is 5.44. The third kappa shape index (κ3) is 3.97. The van der Waals surface area contributed by atoms with Crippen LogP contribution in [0, 0.1) is 0 Å². The van der Waals surface area contributed by atoms with Gasteiger partial charge in [0.2, 0.25) is 5.95 Å². The number of rotatable bonds is 6. The average molecular weight is 315 g/mol. The first-order valence-corrected chi connectivity index (χ1v) is 8.46. The second-order valence-electron chi connectivity index (χ2n) is 5.98. The Balaban J connectivity index is 1.66. The summed E-state index contributed by atoms with van der Waals surface area (Å²) in [6, 6.07) is 2.05. The number of aromatic nitrogens is 5. The van der Waals surface area contributed by atoms with Gasteiger partial charge in [0.1, 0.15) is 18.0 Å². The molecule has 23 heavy (non-hydrogen) atoms. The molecule has 0 amide bonds. The Morgan fingerprint density at radius 2 is 2.00 bits per heavy atom. The Morgan fingerprint density at radius 1 is 1.17 bits per heavy atom. The van der Waals surface area contributed by atoms with E-state index in [1.807, 2.05) is 17.7 Å². The van der Waals surface area contributed by atoms with E-state index in [-0.39, 0.29) is 0 Å². The molecule has 124 valence electrons. The number of nitrogens with zero attached hydrogens (tertiary/aromatic N) is 6. The Hall–Kier alpha value is -2.18. The van der Waals surface area contributed by atoms with Crippen molar-refractivity contribution in [2.75, 3.05) is 29.9 Å². The van der Waals surface area contributed by atoms with Crippen molar-refractivity contribution in [3.63, 3.8) is 0 Å². The first-order chi connectivity index (χ1) is 11.3. The largest absolute Gasteiger partial charge is 0.369 e. The van der Waals surface area contributed by atoms with Crippen LogP contribution >= 0.6 is 0 Å². The van der Waals surface area contributed by atoms with Gasteiger partial charge in [-0.1, -0.05) is 6.92 Å². The second-order valence-corrected chi connectivity index (χ2v) is 5.98. The average Bonchev–Trinajstić information content (AvgIpc) is 3.00. The van der Waals surface area contributed by atoms with Gasteiger partial charge in [0.25, 0.3) is 0 Å². The van der Waals surface area contributed by atoms with Crippen LogP contribution in [0.15, 0.2) is 12.4 Å². The molecule has 1 saturated heterocycles. The third-order valence-electron chi connectivity index (χ3n) is 4.23. The van der Waals surface area contributed by atoms with Gasteiger partial charge in [-0.3, -0.25) is 0 Å². The quantitative estimate of drug-likeness (QED) is 0.876. The highest BCUT2D eigenvalue weighted by Crippen LogP contribution is 2.19. The van der Waals surface area contributed by atoms with E-state index < -0.39 is 0 Å². The summed E-state index contributed by atoms with van der Waals surface area (Å²) >= 11 is 0. The van der Waals surface area contributed by atoms with Gasteiger partial charge in [-0.25, -0.2) is 4.98 Å². The molecule has 0 spiro atoms. The van der Waals surface area contributed by atoms with E-state index in [4.69, 9.17) is 9.97 Å². The molecule has 0 aromatic carbocycles. The van der Waals surface area contributed by atoms with E-state index in [9.17, 15) is 0 Å². The van der Waals surface area contributed by atoms with Gasteiger partial charge in [0, 0.05) is 44.9 Å². The molecule has 0 aliphatic carbocycles. The lowest BCUT2D eigenvalue weighted by molar-refractivity contribution is 0.567. The summed E-state index contributed by atoms with van der Waals surface area (Å²) in [5.41, 5.74) is 1.08. The molecule has 0 saturated carbocycles. The van der Waals surface area contributed by atoms with Crippen molar-refractivity contribution in [2.24, 2.45) is 7.05 Å². The molecule has 0 unspecified atom stereocenters. The maximum absolute atomic E-state index is 4.71. The van der Waals surface area contributed by atoms with Crippen LogP contribution in [0.3, 0.4) is 0 Å². The van der Waals surface area contributed by atoms with Crippen molar-refractivity contribution in [3.8, 4) is 0 Å². The van der Waals surface area contributed by atoms with Crippen molar-refractivity contribution in [3.05, 3.63) is 23.9 Å². The van der Waals surface area contributed by atoms with E-state index in [2.05, 4.69) is 27.3 Å². The monoisotopic (exact) mass is 315 g/mol. The number of hydrogen-bond donors (Lipinski definition) is 1. The maximum Gasteiger partial charge on any atom is 0.227 e. The van der Waals surface area contributed by atoms with Gasteiger partial charge in [0.15, 0.2) is 0 Å². The van der Waals surface area contributed by atoms with Crippen LogP contribution in [0.2, 0.25) is 0 Å². The highest BCUT2D eigenvalue weighted by Gasteiger charge is 2.15. The molecule has 2 aromatic rings. The zero-order valence-electron chi connectivity index (χ0n) is 14.0. The predicted molar refractivity (Wildman–Crippen MR) is 90.7 cm³/mol. The lowest BCUT2D eigenvalue weighted by Crippen LogP contribution is -2.31. The van der Waals surface area contributed by atoms with E-state index in [1.165, 1.54) is 19.3 Å². The van der Waals surface area contributed by atoms with Gasteiger partial charge in [-0.15, -0.1) is 10.2 Å². The minimum absolute atomic E-state index is 0.784. The maximum atomic E-state index is 4.71. The van der Waals surface area contributed by atoms with Crippen LogP contribution in [0.1, 0.15) is 37.7 Å². The number of aryl methyl sites for hydroxylation is 2. The van der Waals surface area contributed by atoms with E-state index in [1.54, 1.807) is 6.33 Å². The van der Waals surface area contributed by atoms with Crippen molar-refractivity contribution >= 4 is 11.8 Å². The molecule has 1 N–H and O–H groups in total. The molecular weight excluding hydrogens is 290 g/mol. The molecule has 7 heteroatoms. The highest BCUT2D eigenvalue weighted by atomic mass is 15.3. The minimum atomic E-state index is 0.784. The molecule has 0 radical (unpaired) electrons. The first kappa shape index (κ1) is 15.7. The number of hydrogen-bond acceptors (Lipinski definition) is 6. The molecule has 1 fully saturated rings. The van der Waals surface area contributed by atoms with Crippen molar-refractivity contribution < 1.29 is 0 Å². The van der Waals surface area contributed by atoms with Crippen LogP contribution in [-0.4, -0.2) is 44.4 Å². The summed E-state index contributed by atoms with van der Waals surface area (Å²) in [5, 5.41) is 11.4. The summed E-state index contributed by atoms with van der Waals surface area (Å²) in [5.74, 6) is 2.74. The summed E-state index contributed by atoms with van der Waals surface area (Å²) < 4.78 is 1.94. The number of nitrogens with one attached hydrogen (secondary N) is 1. The molecule has 2 aromatic heterocycles. The van der Waals surface area contributed by atoms with Gasteiger partial charge in [-0.2, -0.15) is 4.98 Å². The normalized spacial score (nSPS) is 15.0. The fraction of sp³-hybridized carbons (Fsp3) is 0.625. The van der Waals surface area contributed by atoms with Gasteiger partial charge in [-0.05, 0) is 25.7 Å². The summed E-state index contributed by atoms with van der Waals surface area (Å²) in [7, 11) is 1.96. The van der Waals surface area contributed by atoms with Crippen LogP contribution in [0.25, 0.3) is 0 Å². The fourth-order valence-electron chi connectivity index (χ4n) is 2.83. The van der Waals surface area contributed by atoms with Crippen LogP contribution in [0.5, 0.6) is 0 Å². The zero-order chi connectivity index (χ0) is 16.1. The van der Waals surface area contributed by atoms with E-state index in [0.29, 0.717) is 0 Å². The smallest absolute Gasteiger partial charge is 0.227 e. The Kier molecular flexibility index (Phi) is 5.05. The Bertz CT molecular complexity index is 631. The third-order valence-corrected chi connectivity index (χ3v) is 4.23. The lowest BCUT2D eigenvalue weighted by atomic mass is 10.1. The summed E-state index contributed by atoms with van der Waals surface area (Å²) in [6.45, 7) is 5.04. The van der Waals surface area contributed by atoms with Crippen LogP contribution < -0.4 is 10.2 Å². The molecule has 1 aliphatic heterocycles. The molecule has 0 atom stereocenters. The topological polar surface area (TPSA) is 71.8 Å². The molecule has 3 heterocycles. The fourth-order valence-corrected chi connectivity index (χ4v) is 2.83. The van der Waals surface area contributed by atoms with Gasteiger partial charge < -0.3 is 14.8 Å². The molecular formula is C16H25N7. The van der Waals surface area contributed by atoms with Gasteiger partial charge in [0.05, 0.1) is 0 Å². The van der Waals surface area contributed by atoms with Crippen LogP contribution in [0.4, 0.5) is 11.8 Å². The minimum Gasteiger partial charge on any atom is -0.369 e. The second kappa shape index (κ2) is 7.39. The number of piperidine rings is 1. The van der Waals surface area contributed by atoms with Gasteiger partial charge >= 0.3 is 0 Å². The van der Waals surface area contributed by atoms with Crippen molar-refractivity contribution in [1.82, 2.24) is 24.7 Å². The molecule has 7 nitrogen and oxygen atoms in total. The summed E-state index contributed by atoms with van der Waals surface area (Å²) in [4.78, 5) is 11.7. The van der Waals surface area contributed by atoms with Crippen LogP contribution in [-0.2, 0) is 19.9 Å². The SMILES string of the molecule is CCc1cc(NCCc2nncn2C)nc(N2CCCCC2)n1. The molecule has 3 rings (SSSR count). The standard InChI is InChI=1S/C16H25N7/c1-3-13-11-14(17-8-7-15-21-18-12-22(15)2)20-16(19-13)23-9-5-4-6-10-23/h11-12H,3-10H2,1-2H3,(H,17,19,20). The van der Waals surface area contributed by atoms with E-state index >= 15 is 0 Å². The predicted octanol–water partition coefficient (Wildman–Crippen LogP) is 1.81. The Labute approximate surface area is 137 Å². The first-order valence-electron chi connectivity index (χ1n) is 8.46. The zero-order valence-corrected chi connectivity index (χ0v) is 14.0. The Morgan fingerprint density at radius 3 is 2.70 bits per heavy atom. The lowest BCUT2D eigenvalue weighted by Gasteiger charge is -2.27. The molecule has 0 bridgehead atoms. The molecule has 1 aliphatic rings.